The van der Waals surface area contributed by atoms with Crippen LogP contribution in [-0.2, 0) is 17.8 Å². The number of hydrogen-bond donors (Lipinski definition) is 2. The van der Waals surface area contributed by atoms with Crippen molar-refractivity contribution >= 4 is 11.6 Å². The molecule has 0 atom stereocenters. The molecule has 0 saturated carbocycles. The smallest absolute Gasteiger partial charge is 0.223 e. The molecule has 29 heavy (non-hydrogen) atoms. The van der Waals surface area contributed by atoms with Crippen molar-refractivity contribution in [2.45, 2.75) is 38.8 Å². The van der Waals surface area contributed by atoms with Gasteiger partial charge in [0.05, 0.1) is 32.0 Å². The number of primary amides is 1. The highest BCUT2D eigenvalue weighted by Gasteiger charge is 2.19. The van der Waals surface area contributed by atoms with E-state index in [4.69, 9.17) is 15.2 Å². The third kappa shape index (κ3) is 6.09. The molecule has 0 aliphatic carbocycles. The molecule has 3 rings (SSSR count). The number of amides is 1. The number of nitrogens with two attached hydrogens (primary N) is 1. The lowest BCUT2D eigenvalue weighted by molar-refractivity contribution is -0.117. The van der Waals surface area contributed by atoms with E-state index in [1.807, 2.05) is 25.1 Å². The second-order valence-corrected chi connectivity index (χ2v) is 7.29. The molecular formula is C22H30N4O3. The Hall–Kier alpha value is -2.80. The highest BCUT2D eigenvalue weighted by atomic mass is 16.5. The average Bonchev–Trinajstić information content (AvgIpc) is 2.71. The summed E-state index contributed by atoms with van der Waals surface area (Å²) in [5.74, 6) is 1.21. The van der Waals surface area contributed by atoms with Crippen molar-refractivity contribution in [1.82, 2.24) is 9.88 Å². The molecule has 2 heterocycles. The summed E-state index contributed by atoms with van der Waals surface area (Å²) in [6.07, 6.45) is 4.08. The third-order valence-electron chi connectivity index (χ3n) is 5.07. The van der Waals surface area contributed by atoms with Gasteiger partial charge in [-0.25, -0.2) is 0 Å². The topological polar surface area (TPSA) is 89.7 Å². The summed E-state index contributed by atoms with van der Waals surface area (Å²) < 4.78 is 11.1. The van der Waals surface area contributed by atoms with Gasteiger partial charge in [0.15, 0.2) is 11.5 Å². The molecule has 0 unspecified atom stereocenters. The normalized spacial score (nSPS) is 15.1. The molecule has 0 radical (unpaired) electrons. The Morgan fingerprint density at radius 3 is 2.66 bits per heavy atom. The molecule has 1 aliphatic rings. The van der Waals surface area contributed by atoms with Crippen LogP contribution in [0.15, 0.2) is 36.5 Å². The van der Waals surface area contributed by atoms with Crippen LogP contribution in [0.5, 0.6) is 11.5 Å². The Kier molecular flexibility index (Phi) is 7.30. The number of rotatable bonds is 9. The summed E-state index contributed by atoms with van der Waals surface area (Å²) in [5, 5.41) is 3.54. The first-order valence-corrected chi connectivity index (χ1v) is 10.1. The van der Waals surface area contributed by atoms with E-state index < -0.39 is 0 Å². The molecule has 7 nitrogen and oxygen atoms in total. The van der Waals surface area contributed by atoms with E-state index in [1.54, 1.807) is 13.3 Å². The number of ether oxygens (including phenoxy) is 2. The van der Waals surface area contributed by atoms with Crippen LogP contribution in [-0.4, -0.2) is 48.6 Å². The minimum Gasteiger partial charge on any atom is -0.493 e. The quantitative estimate of drug-likeness (QED) is 0.675. The highest BCUT2D eigenvalue weighted by Crippen LogP contribution is 2.29. The van der Waals surface area contributed by atoms with Crippen LogP contribution < -0.4 is 20.5 Å². The number of pyridine rings is 1. The van der Waals surface area contributed by atoms with Crippen LogP contribution in [0.25, 0.3) is 0 Å². The maximum absolute atomic E-state index is 11.0. The number of hydrogen-bond acceptors (Lipinski definition) is 6. The van der Waals surface area contributed by atoms with Gasteiger partial charge in [-0.15, -0.1) is 0 Å². The summed E-state index contributed by atoms with van der Waals surface area (Å²) in [7, 11) is 1.66. The second-order valence-electron chi connectivity index (χ2n) is 7.29. The lowest BCUT2D eigenvalue weighted by atomic mass is 10.0. The number of nitrogens with one attached hydrogen (secondary N) is 1. The van der Waals surface area contributed by atoms with Gasteiger partial charge in [-0.1, -0.05) is 6.07 Å². The maximum Gasteiger partial charge on any atom is 0.223 e. The third-order valence-corrected chi connectivity index (χ3v) is 5.07. The fraction of sp³-hybridized carbons (Fsp3) is 0.455. The van der Waals surface area contributed by atoms with Crippen LogP contribution in [0.2, 0.25) is 0 Å². The molecular weight excluding hydrogens is 368 g/mol. The van der Waals surface area contributed by atoms with Crippen molar-refractivity contribution in [3.63, 3.8) is 0 Å². The molecule has 3 N–H and O–H groups in total. The SMILES string of the molecule is CCOc1cc(CN2CCC(Nc3ccc(CC(N)=O)nc3)CC2)ccc1OC. The number of nitrogens with zero attached hydrogens (tertiary/aromatic N) is 2. The van der Waals surface area contributed by atoms with Crippen LogP contribution in [0.3, 0.4) is 0 Å². The Balaban J connectivity index is 1.49. The standard InChI is InChI=1S/C22H30N4O3/c1-3-29-21-12-16(4-7-20(21)28-2)15-26-10-8-17(9-11-26)25-19-6-5-18(24-14-19)13-22(23)27/h4-7,12,14,17,25H,3,8-11,13,15H2,1-2H3,(H2,23,27). The maximum atomic E-state index is 11.0. The summed E-state index contributed by atoms with van der Waals surface area (Å²) in [6.45, 7) is 5.56. The van der Waals surface area contributed by atoms with Crippen molar-refractivity contribution in [1.29, 1.82) is 0 Å². The fourth-order valence-corrected chi connectivity index (χ4v) is 3.61. The van der Waals surface area contributed by atoms with Gasteiger partial charge in [-0.05, 0) is 49.6 Å². The predicted molar refractivity (Wildman–Crippen MR) is 113 cm³/mol. The summed E-state index contributed by atoms with van der Waals surface area (Å²) in [4.78, 5) is 17.7. The minimum absolute atomic E-state index is 0.176. The van der Waals surface area contributed by atoms with Gasteiger partial charge in [0.1, 0.15) is 0 Å². The Bertz CT molecular complexity index is 802. The van der Waals surface area contributed by atoms with Gasteiger partial charge in [0.25, 0.3) is 0 Å². The molecule has 156 valence electrons. The molecule has 1 aromatic heterocycles. The summed E-state index contributed by atoms with van der Waals surface area (Å²) >= 11 is 0. The molecule has 1 saturated heterocycles. The first-order chi connectivity index (χ1) is 14.1. The largest absolute Gasteiger partial charge is 0.493 e. The Labute approximate surface area is 172 Å². The minimum atomic E-state index is -0.365. The fourth-order valence-electron chi connectivity index (χ4n) is 3.61. The van der Waals surface area contributed by atoms with Gasteiger partial charge in [-0.2, -0.15) is 0 Å². The molecule has 7 heteroatoms. The van der Waals surface area contributed by atoms with E-state index in [0.29, 0.717) is 18.3 Å². The molecule has 2 aromatic rings. The number of aromatic nitrogens is 1. The highest BCUT2D eigenvalue weighted by molar-refractivity contribution is 5.76. The van der Waals surface area contributed by atoms with Crippen molar-refractivity contribution in [3.8, 4) is 11.5 Å². The van der Waals surface area contributed by atoms with Gasteiger partial charge < -0.3 is 20.5 Å². The number of likely N-dealkylation sites (tertiary alicyclic amines) is 1. The Morgan fingerprint density at radius 2 is 2.03 bits per heavy atom. The number of anilines is 1. The lowest BCUT2D eigenvalue weighted by Gasteiger charge is -2.33. The monoisotopic (exact) mass is 398 g/mol. The number of piperidine rings is 1. The molecule has 0 spiro atoms. The van der Waals surface area contributed by atoms with Crippen molar-refractivity contribution < 1.29 is 14.3 Å². The predicted octanol–water partition coefficient (Wildman–Crippen LogP) is 2.59. The molecule has 1 aliphatic heterocycles. The Morgan fingerprint density at radius 1 is 1.24 bits per heavy atom. The summed E-state index contributed by atoms with van der Waals surface area (Å²) in [6, 6.07) is 10.4. The van der Waals surface area contributed by atoms with Gasteiger partial charge in [-0.3, -0.25) is 14.7 Å². The van der Waals surface area contributed by atoms with Crippen LogP contribution in [0.1, 0.15) is 31.0 Å². The van der Waals surface area contributed by atoms with Gasteiger partial charge in [0, 0.05) is 31.4 Å². The molecule has 1 fully saturated rings. The summed E-state index contributed by atoms with van der Waals surface area (Å²) in [5.41, 5.74) is 8.11. The van der Waals surface area contributed by atoms with E-state index in [-0.39, 0.29) is 12.3 Å². The van der Waals surface area contributed by atoms with Gasteiger partial charge in [0.2, 0.25) is 5.91 Å². The van der Waals surface area contributed by atoms with E-state index in [0.717, 1.165) is 49.7 Å². The average molecular weight is 399 g/mol. The molecule has 1 aromatic carbocycles. The van der Waals surface area contributed by atoms with Crippen molar-refractivity contribution in [3.05, 3.63) is 47.8 Å². The van der Waals surface area contributed by atoms with E-state index in [1.165, 1.54) is 5.56 Å². The molecule has 1 amide bonds. The van der Waals surface area contributed by atoms with Gasteiger partial charge >= 0.3 is 0 Å². The van der Waals surface area contributed by atoms with E-state index >= 15 is 0 Å². The number of carbonyl (C=O) groups excluding carboxylic acids is 1. The zero-order valence-electron chi connectivity index (χ0n) is 17.2. The number of benzene rings is 1. The lowest BCUT2D eigenvalue weighted by Crippen LogP contribution is -2.38. The zero-order valence-corrected chi connectivity index (χ0v) is 17.2. The van der Waals surface area contributed by atoms with Crippen molar-refractivity contribution in [2.75, 3.05) is 32.1 Å². The first-order valence-electron chi connectivity index (χ1n) is 10.1. The first kappa shape index (κ1) is 20.9. The molecule has 0 bridgehead atoms. The second kappa shape index (κ2) is 10.1. The van der Waals surface area contributed by atoms with Crippen LogP contribution in [0, 0.1) is 0 Å². The zero-order chi connectivity index (χ0) is 20.6. The number of carbonyl (C=O) groups is 1. The number of methoxy groups -OCH3 is 1. The van der Waals surface area contributed by atoms with Crippen molar-refractivity contribution in [2.24, 2.45) is 5.73 Å². The van der Waals surface area contributed by atoms with Crippen LogP contribution >= 0.6 is 0 Å². The van der Waals surface area contributed by atoms with E-state index in [2.05, 4.69) is 27.3 Å². The van der Waals surface area contributed by atoms with E-state index in [9.17, 15) is 4.79 Å². The van der Waals surface area contributed by atoms with Crippen LogP contribution in [0.4, 0.5) is 5.69 Å².